The van der Waals surface area contributed by atoms with Gasteiger partial charge in [0.05, 0.1) is 0 Å². The van der Waals surface area contributed by atoms with Crippen LogP contribution in [0.15, 0.2) is 54.6 Å². The van der Waals surface area contributed by atoms with Crippen LogP contribution in [0.4, 0.5) is 0 Å². The molecule has 0 aromatic heterocycles. The van der Waals surface area contributed by atoms with Gasteiger partial charge in [0.2, 0.25) is 0 Å². The van der Waals surface area contributed by atoms with Gasteiger partial charge in [-0.15, -0.1) is 0 Å². The first-order valence-corrected chi connectivity index (χ1v) is 8.83. The molecule has 0 N–H and O–H groups in total. The van der Waals surface area contributed by atoms with Gasteiger partial charge in [-0.1, -0.05) is 38.1 Å². The second-order valence-corrected chi connectivity index (χ2v) is 6.92. The normalized spacial score (nSPS) is 20.2. The predicted molar refractivity (Wildman–Crippen MR) is 98.0 cm³/mol. The predicted octanol–water partition coefficient (Wildman–Crippen LogP) is 4.36. The second kappa shape index (κ2) is 8.06. The summed E-state index contributed by atoms with van der Waals surface area (Å²) >= 11 is 0. The zero-order valence-corrected chi connectivity index (χ0v) is 14.9. The molecule has 1 saturated heterocycles. The van der Waals surface area contributed by atoms with Crippen LogP contribution in [0.3, 0.4) is 0 Å². The Bertz CT molecular complexity index is 691. The van der Waals surface area contributed by atoms with Crippen molar-refractivity contribution in [2.75, 3.05) is 19.7 Å². The molecule has 1 aliphatic heterocycles. The van der Waals surface area contributed by atoms with Crippen LogP contribution < -0.4 is 9.47 Å². The van der Waals surface area contributed by atoms with Crippen LogP contribution in [0.2, 0.25) is 0 Å². The van der Waals surface area contributed by atoms with Gasteiger partial charge in [-0.25, -0.2) is 0 Å². The Morgan fingerprint density at radius 1 is 0.960 bits per heavy atom. The van der Waals surface area contributed by atoms with E-state index in [4.69, 9.17) is 9.47 Å². The molecule has 0 saturated carbocycles. The van der Waals surface area contributed by atoms with Gasteiger partial charge in [-0.3, -0.25) is 4.79 Å². The molecule has 0 aliphatic carbocycles. The van der Waals surface area contributed by atoms with E-state index in [0.29, 0.717) is 23.3 Å². The van der Waals surface area contributed by atoms with Crippen LogP contribution in [0.1, 0.15) is 20.3 Å². The van der Waals surface area contributed by atoms with E-state index in [0.717, 1.165) is 18.8 Å². The lowest BCUT2D eigenvalue weighted by Gasteiger charge is -2.34. The van der Waals surface area contributed by atoms with Crippen LogP contribution >= 0.6 is 0 Å². The molecule has 1 heterocycles. The fraction of sp³-hybridized carbons (Fsp3) is 0.381. The summed E-state index contributed by atoms with van der Waals surface area (Å²) in [4.78, 5) is 14.3. The smallest absolute Gasteiger partial charge is 0.260 e. The van der Waals surface area contributed by atoms with Crippen molar-refractivity contribution in [3.05, 3.63) is 54.6 Å². The van der Waals surface area contributed by atoms with Crippen molar-refractivity contribution >= 4 is 5.91 Å². The Morgan fingerprint density at radius 3 is 2.32 bits per heavy atom. The highest BCUT2D eigenvalue weighted by Crippen LogP contribution is 2.25. The van der Waals surface area contributed by atoms with Crippen LogP contribution in [-0.2, 0) is 4.79 Å². The molecular weight excluding hydrogens is 314 g/mol. The van der Waals surface area contributed by atoms with E-state index >= 15 is 0 Å². The number of piperidine rings is 1. The minimum absolute atomic E-state index is 0.0489. The number of hydrogen-bond donors (Lipinski definition) is 0. The molecule has 2 aromatic carbocycles. The van der Waals surface area contributed by atoms with E-state index < -0.39 is 0 Å². The molecule has 2 aromatic rings. The molecular formula is C21H25NO3. The highest BCUT2D eigenvalue weighted by molar-refractivity contribution is 5.77. The summed E-state index contributed by atoms with van der Waals surface area (Å²) in [7, 11) is 0. The largest absolute Gasteiger partial charge is 0.484 e. The molecule has 0 radical (unpaired) electrons. The lowest BCUT2D eigenvalue weighted by Crippen LogP contribution is -2.44. The SMILES string of the molecule is CC1CC(C)CN(C(=O)COc2cccc(Oc3ccccc3)c2)C1. The van der Waals surface area contributed by atoms with Crippen molar-refractivity contribution in [1.82, 2.24) is 4.90 Å². The molecule has 0 bridgehead atoms. The molecule has 25 heavy (non-hydrogen) atoms. The Kier molecular flexibility index (Phi) is 5.59. The lowest BCUT2D eigenvalue weighted by atomic mass is 9.92. The average Bonchev–Trinajstić information content (AvgIpc) is 2.60. The number of ether oxygens (including phenoxy) is 2. The molecule has 1 aliphatic rings. The van der Waals surface area contributed by atoms with Crippen molar-refractivity contribution in [2.45, 2.75) is 20.3 Å². The molecule has 1 amide bonds. The van der Waals surface area contributed by atoms with Crippen molar-refractivity contribution in [3.8, 4) is 17.2 Å². The maximum atomic E-state index is 12.4. The van der Waals surface area contributed by atoms with Crippen molar-refractivity contribution in [1.29, 1.82) is 0 Å². The summed E-state index contributed by atoms with van der Waals surface area (Å²) in [6.07, 6.45) is 1.18. The van der Waals surface area contributed by atoms with Crippen molar-refractivity contribution < 1.29 is 14.3 Å². The maximum absolute atomic E-state index is 12.4. The Labute approximate surface area is 149 Å². The van der Waals surface area contributed by atoms with Gasteiger partial charge in [-0.05, 0) is 42.5 Å². The molecule has 4 heteroatoms. The Balaban J connectivity index is 1.56. The third kappa shape index (κ3) is 4.99. The van der Waals surface area contributed by atoms with E-state index in [1.165, 1.54) is 6.42 Å². The second-order valence-electron chi connectivity index (χ2n) is 6.92. The third-order valence-electron chi connectivity index (χ3n) is 4.37. The summed E-state index contributed by atoms with van der Waals surface area (Å²) in [6.45, 7) is 6.10. The van der Waals surface area contributed by atoms with Gasteiger partial charge in [0.25, 0.3) is 5.91 Å². The quantitative estimate of drug-likeness (QED) is 0.812. The van der Waals surface area contributed by atoms with Crippen LogP contribution in [0.5, 0.6) is 17.2 Å². The number of para-hydroxylation sites is 1. The molecule has 0 spiro atoms. The van der Waals surface area contributed by atoms with E-state index in [9.17, 15) is 4.79 Å². The highest BCUT2D eigenvalue weighted by atomic mass is 16.5. The summed E-state index contributed by atoms with van der Waals surface area (Å²) in [6, 6.07) is 17.0. The molecule has 3 rings (SSSR count). The number of carbonyl (C=O) groups is 1. The van der Waals surface area contributed by atoms with E-state index in [-0.39, 0.29) is 12.5 Å². The van der Waals surface area contributed by atoms with Crippen LogP contribution in [0, 0.1) is 11.8 Å². The summed E-state index contributed by atoms with van der Waals surface area (Å²) in [5.74, 6) is 3.25. The minimum atomic E-state index is 0.0489. The first-order valence-electron chi connectivity index (χ1n) is 8.83. The highest BCUT2D eigenvalue weighted by Gasteiger charge is 2.25. The summed E-state index contributed by atoms with van der Waals surface area (Å²) < 4.78 is 11.5. The molecule has 2 unspecified atom stereocenters. The van der Waals surface area contributed by atoms with Gasteiger partial charge in [-0.2, -0.15) is 0 Å². The zero-order chi connectivity index (χ0) is 17.6. The number of nitrogens with zero attached hydrogens (tertiary/aromatic N) is 1. The molecule has 1 fully saturated rings. The fourth-order valence-electron chi connectivity index (χ4n) is 3.36. The van der Waals surface area contributed by atoms with Crippen LogP contribution in [0.25, 0.3) is 0 Å². The number of benzene rings is 2. The monoisotopic (exact) mass is 339 g/mol. The van der Waals surface area contributed by atoms with Crippen LogP contribution in [-0.4, -0.2) is 30.5 Å². The number of amides is 1. The van der Waals surface area contributed by atoms with Gasteiger partial charge in [0.15, 0.2) is 6.61 Å². The Hall–Kier alpha value is -2.49. The summed E-state index contributed by atoms with van der Waals surface area (Å²) in [5.41, 5.74) is 0. The first kappa shape index (κ1) is 17.3. The Morgan fingerprint density at radius 2 is 1.60 bits per heavy atom. The fourth-order valence-corrected chi connectivity index (χ4v) is 3.36. The van der Waals surface area contributed by atoms with Crippen molar-refractivity contribution in [3.63, 3.8) is 0 Å². The number of carbonyl (C=O) groups excluding carboxylic acids is 1. The number of hydrogen-bond acceptors (Lipinski definition) is 3. The minimum Gasteiger partial charge on any atom is -0.484 e. The van der Waals surface area contributed by atoms with Gasteiger partial charge < -0.3 is 14.4 Å². The molecule has 2 atom stereocenters. The van der Waals surface area contributed by atoms with Crippen molar-refractivity contribution in [2.24, 2.45) is 11.8 Å². The maximum Gasteiger partial charge on any atom is 0.260 e. The average molecular weight is 339 g/mol. The lowest BCUT2D eigenvalue weighted by molar-refractivity contribution is -0.136. The zero-order valence-electron chi connectivity index (χ0n) is 14.9. The molecule has 4 nitrogen and oxygen atoms in total. The van der Waals surface area contributed by atoms with Gasteiger partial charge in [0.1, 0.15) is 17.2 Å². The van der Waals surface area contributed by atoms with Gasteiger partial charge >= 0.3 is 0 Å². The topological polar surface area (TPSA) is 38.8 Å². The number of rotatable bonds is 5. The standard InChI is InChI=1S/C21H25NO3/c1-16-11-17(2)14-22(13-16)21(23)15-24-19-9-6-10-20(12-19)25-18-7-4-3-5-8-18/h3-10,12,16-17H,11,13-15H2,1-2H3. The van der Waals surface area contributed by atoms with E-state index in [1.54, 1.807) is 0 Å². The number of likely N-dealkylation sites (tertiary alicyclic amines) is 1. The first-order chi connectivity index (χ1) is 12.1. The summed E-state index contributed by atoms with van der Waals surface area (Å²) in [5, 5.41) is 0. The van der Waals surface area contributed by atoms with E-state index in [1.807, 2.05) is 59.5 Å². The third-order valence-corrected chi connectivity index (χ3v) is 4.37. The van der Waals surface area contributed by atoms with Gasteiger partial charge in [0, 0.05) is 19.2 Å². The van der Waals surface area contributed by atoms with E-state index in [2.05, 4.69) is 13.8 Å². The molecule has 132 valence electrons.